The average Bonchev–Trinajstić information content (AvgIpc) is 2.81. The molecule has 1 aromatic carbocycles. The Morgan fingerprint density at radius 2 is 2.19 bits per heavy atom. The molecule has 0 spiro atoms. The van der Waals surface area contributed by atoms with Gasteiger partial charge in [0.2, 0.25) is 0 Å². The Balaban J connectivity index is 2.22. The summed E-state index contributed by atoms with van der Waals surface area (Å²) in [6.07, 6.45) is 1.95. The lowest BCUT2D eigenvalue weighted by molar-refractivity contribution is 0.102. The van der Waals surface area contributed by atoms with Crippen LogP contribution in [0.5, 0.6) is 0 Å². The van der Waals surface area contributed by atoms with E-state index in [-0.39, 0.29) is 12.5 Å². The van der Waals surface area contributed by atoms with E-state index in [4.69, 9.17) is 5.11 Å². The van der Waals surface area contributed by atoms with Crippen LogP contribution in [0, 0.1) is 18.8 Å². The summed E-state index contributed by atoms with van der Waals surface area (Å²) < 4.78 is 1.65. The highest BCUT2D eigenvalue weighted by Crippen LogP contribution is 2.16. The molecule has 1 aromatic heterocycles. The van der Waals surface area contributed by atoms with E-state index < -0.39 is 0 Å². The third kappa shape index (κ3) is 3.50. The standard InChI is InChI=1S/C16H17N3O2/c1-12-14(11-17-19(12)2)16(21)18-15-9-4-3-7-13(15)8-5-6-10-20/h3-4,7,9,11,20H,6,10H2,1-2H3,(H,18,21). The normalized spacial score (nSPS) is 9.86. The minimum absolute atomic E-state index is 0.0242. The number of aromatic nitrogens is 2. The van der Waals surface area contributed by atoms with Crippen LogP contribution in [0.15, 0.2) is 30.5 Å². The SMILES string of the molecule is Cc1c(C(=O)Nc2ccccc2C#CCCO)cnn1C. The highest BCUT2D eigenvalue weighted by Gasteiger charge is 2.13. The first-order chi connectivity index (χ1) is 10.1. The maximum atomic E-state index is 12.3. The van der Waals surface area contributed by atoms with Crippen LogP contribution in [0.1, 0.15) is 28.0 Å². The fourth-order valence-corrected chi connectivity index (χ4v) is 1.83. The summed E-state index contributed by atoms with van der Waals surface area (Å²) in [6.45, 7) is 1.87. The predicted molar refractivity (Wildman–Crippen MR) is 80.9 cm³/mol. The molecule has 1 amide bonds. The van der Waals surface area contributed by atoms with Gasteiger partial charge in [-0.2, -0.15) is 5.10 Å². The van der Waals surface area contributed by atoms with Crippen molar-refractivity contribution < 1.29 is 9.90 Å². The van der Waals surface area contributed by atoms with Gasteiger partial charge >= 0.3 is 0 Å². The summed E-state index contributed by atoms with van der Waals surface area (Å²) in [5.74, 6) is 5.59. The minimum Gasteiger partial charge on any atom is -0.395 e. The van der Waals surface area contributed by atoms with Gasteiger partial charge in [0.05, 0.1) is 24.1 Å². The largest absolute Gasteiger partial charge is 0.395 e. The summed E-state index contributed by atoms with van der Waals surface area (Å²) in [7, 11) is 1.79. The van der Waals surface area contributed by atoms with Crippen molar-refractivity contribution in [3.63, 3.8) is 0 Å². The number of aryl methyl sites for hydroxylation is 1. The molecule has 0 fully saturated rings. The van der Waals surface area contributed by atoms with Crippen LogP contribution in [0.25, 0.3) is 0 Å². The molecule has 108 valence electrons. The van der Waals surface area contributed by atoms with E-state index in [1.54, 1.807) is 24.0 Å². The zero-order valence-electron chi connectivity index (χ0n) is 12.1. The Bertz CT molecular complexity index is 708. The van der Waals surface area contributed by atoms with Crippen molar-refractivity contribution in [2.45, 2.75) is 13.3 Å². The van der Waals surface area contributed by atoms with Crippen molar-refractivity contribution in [1.29, 1.82) is 0 Å². The second kappa shape index (κ2) is 6.73. The third-order valence-electron chi connectivity index (χ3n) is 3.11. The first-order valence-corrected chi connectivity index (χ1v) is 6.62. The fraction of sp³-hybridized carbons (Fsp3) is 0.250. The number of hydrogen-bond donors (Lipinski definition) is 2. The molecule has 0 saturated carbocycles. The molecule has 0 aliphatic carbocycles. The van der Waals surface area contributed by atoms with E-state index in [0.717, 1.165) is 11.3 Å². The van der Waals surface area contributed by atoms with Gasteiger partial charge in [0.25, 0.3) is 5.91 Å². The minimum atomic E-state index is -0.211. The van der Waals surface area contributed by atoms with Crippen LogP contribution in [0.3, 0.4) is 0 Å². The van der Waals surface area contributed by atoms with Crippen LogP contribution in [-0.2, 0) is 7.05 Å². The molecule has 0 aliphatic rings. The van der Waals surface area contributed by atoms with Gasteiger partial charge in [0, 0.05) is 24.7 Å². The summed E-state index contributed by atoms with van der Waals surface area (Å²) >= 11 is 0. The molecule has 1 heterocycles. The number of para-hydroxylation sites is 1. The van der Waals surface area contributed by atoms with Crippen LogP contribution >= 0.6 is 0 Å². The number of nitrogens with zero attached hydrogens (tertiary/aromatic N) is 2. The molecule has 2 N–H and O–H groups in total. The third-order valence-corrected chi connectivity index (χ3v) is 3.11. The van der Waals surface area contributed by atoms with Gasteiger partial charge in [-0.25, -0.2) is 0 Å². The molecule has 0 bridgehead atoms. The first-order valence-electron chi connectivity index (χ1n) is 6.62. The number of benzene rings is 1. The lowest BCUT2D eigenvalue weighted by Crippen LogP contribution is -2.13. The Morgan fingerprint density at radius 1 is 1.43 bits per heavy atom. The maximum absolute atomic E-state index is 12.3. The Kier molecular flexibility index (Phi) is 4.75. The maximum Gasteiger partial charge on any atom is 0.259 e. The quantitative estimate of drug-likeness (QED) is 0.843. The summed E-state index contributed by atoms with van der Waals surface area (Å²) in [4.78, 5) is 12.3. The number of aliphatic hydroxyl groups excluding tert-OH is 1. The summed E-state index contributed by atoms with van der Waals surface area (Å²) in [6, 6.07) is 7.32. The van der Waals surface area contributed by atoms with Crippen molar-refractivity contribution in [3.05, 3.63) is 47.3 Å². The van der Waals surface area contributed by atoms with E-state index in [2.05, 4.69) is 22.3 Å². The van der Waals surface area contributed by atoms with Gasteiger partial charge in [-0.1, -0.05) is 24.0 Å². The lowest BCUT2D eigenvalue weighted by atomic mass is 10.1. The van der Waals surface area contributed by atoms with Crippen LogP contribution in [0.2, 0.25) is 0 Å². The number of nitrogens with one attached hydrogen (secondary N) is 1. The van der Waals surface area contributed by atoms with Crippen molar-refractivity contribution in [3.8, 4) is 11.8 Å². The molecule has 0 radical (unpaired) electrons. The van der Waals surface area contributed by atoms with Gasteiger partial charge < -0.3 is 10.4 Å². The van der Waals surface area contributed by atoms with Gasteiger partial charge in [-0.3, -0.25) is 9.48 Å². The van der Waals surface area contributed by atoms with Gasteiger partial charge in [-0.15, -0.1) is 0 Å². The molecule has 0 aliphatic heterocycles. The lowest BCUT2D eigenvalue weighted by Gasteiger charge is -2.07. The average molecular weight is 283 g/mol. The monoisotopic (exact) mass is 283 g/mol. The molecule has 5 heteroatoms. The Hall–Kier alpha value is -2.58. The molecule has 0 saturated heterocycles. The molecular weight excluding hydrogens is 266 g/mol. The van der Waals surface area contributed by atoms with E-state index in [0.29, 0.717) is 17.7 Å². The van der Waals surface area contributed by atoms with Crippen molar-refractivity contribution in [1.82, 2.24) is 9.78 Å². The van der Waals surface area contributed by atoms with E-state index in [9.17, 15) is 4.79 Å². The van der Waals surface area contributed by atoms with Crippen molar-refractivity contribution >= 4 is 11.6 Å². The Labute approximate surface area is 123 Å². The highest BCUT2D eigenvalue weighted by molar-refractivity contribution is 6.05. The number of carbonyl (C=O) groups is 1. The topological polar surface area (TPSA) is 67.2 Å². The Morgan fingerprint density at radius 3 is 2.86 bits per heavy atom. The number of carbonyl (C=O) groups excluding carboxylic acids is 1. The number of hydrogen-bond acceptors (Lipinski definition) is 3. The van der Waals surface area contributed by atoms with E-state index >= 15 is 0 Å². The molecular formula is C16H17N3O2. The number of rotatable bonds is 3. The molecule has 0 unspecified atom stereocenters. The zero-order valence-corrected chi connectivity index (χ0v) is 12.1. The molecule has 5 nitrogen and oxygen atoms in total. The van der Waals surface area contributed by atoms with E-state index in [1.807, 2.05) is 25.1 Å². The second-order valence-corrected chi connectivity index (χ2v) is 4.54. The predicted octanol–water partition coefficient (Wildman–Crippen LogP) is 1.71. The smallest absolute Gasteiger partial charge is 0.259 e. The molecule has 2 rings (SSSR count). The van der Waals surface area contributed by atoms with Crippen LogP contribution < -0.4 is 5.32 Å². The summed E-state index contributed by atoms with van der Waals surface area (Å²) in [5, 5.41) is 15.7. The summed E-state index contributed by atoms with van der Waals surface area (Å²) in [5.41, 5.74) is 2.71. The van der Waals surface area contributed by atoms with Crippen molar-refractivity contribution in [2.24, 2.45) is 7.05 Å². The van der Waals surface area contributed by atoms with Crippen LogP contribution in [0.4, 0.5) is 5.69 Å². The zero-order chi connectivity index (χ0) is 15.2. The number of aliphatic hydroxyl groups is 1. The van der Waals surface area contributed by atoms with Gasteiger partial charge in [-0.05, 0) is 19.1 Å². The molecule has 21 heavy (non-hydrogen) atoms. The number of anilines is 1. The molecule has 2 aromatic rings. The van der Waals surface area contributed by atoms with Gasteiger partial charge in [0.15, 0.2) is 0 Å². The van der Waals surface area contributed by atoms with Gasteiger partial charge in [0.1, 0.15) is 0 Å². The second-order valence-electron chi connectivity index (χ2n) is 4.54. The van der Waals surface area contributed by atoms with E-state index in [1.165, 1.54) is 0 Å². The fourth-order valence-electron chi connectivity index (χ4n) is 1.83. The number of amides is 1. The highest BCUT2D eigenvalue weighted by atomic mass is 16.2. The van der Waals surface area contributed by atoms with Crippen molar-refractivity contribution in [2.75, 3.05) is 11.9 Å². The molecule has 0 atom stereocenters. The first kappa shape index (κ1) is 14.8. The van der Waals surface area contributed by atoms with Crippen LogP contribution in [-0.4, -0.2) is 27.4 Å².